The molecule has 1 aromatic heterocycles. The third-order valence-corrected chi connectivity index (χ3v) is 4.51. The largest absolute Gasteiger partial charge is 0.393 e. The highest BCUT2D eigenvalue weighted by Gasteiger charge is 2.40. The summed E-state index contributed by atoms with van der Waals surface area (Å²) in [5, 5.41) is 3.69. The van der Waals surface area contributed by atoms with E-state index in [1.807, 2.05) is 36.4 Å². The Morgan fingerprint density at radius 2 is 1.92 bits per heavy atom. The van der Waals surface area contributed by atoms with Crippen molar-refractivity contribution in [3.05, 3.63) is 66.0 Å². The maximum Gasteiger partial charge on any atom is 0.313 e. The maximum absolute atomic E-state index is 12.3. The zero-order valence-electron chi connectivity index (χ0n) is 13.9. The summed E-state index contributed by atoms with van der Waals surface area (Å²) in [6, 6.07) is 15.0. The van der Waals surface area contributed by atoms with Crippen LogP contribution < -0.4 is 0 Å². The Bertz CT molecular complexity index is 771. The topological polar surface area (TPSA) is 81.1 Å². The molecule has 0 spiro atoms. The van der Waals surface area contributed by atoms with Gasteiger partial charge in [-0.1, -0.05) is 41.6 Å². The molecule has 1 unspecified atom stereocenters. The Hall–Kier alpha value is -2.71. The van der Waals surface area contributed by atoms with Gasteiger partial charge >= 0.3 is 5.24 Å². The molecule has 0 N–H and O–H groups in total. The number of pyridine rings is 1. The second kappa shape index (κ2) is 9.12. The van der Waals surface area contributed by atoms with E-state index in [9.17, 15) is 9.59 Å². The number of hydrogen-bond acceptors (Lipinski definition) is 7. The first-order chi connectivity index (χ1) is 12.7. The van der Waals surface area contributed by atoms with Crippen molar-refractivity contribution in [1.29, 1.82) is 0 Å². The number of hydroxylamine groups is 2. The molecule has 0 aliphatic carbocycles. The maximum atomic E-state index is 12.3. The molecule has 2 heterocycles. The Morgan fingerprint density at radius 1 is 1.12 bits per heavy atom. The Morgan fingerprint density at radius 3 is 2.69 bits per heavy atom. The highest BCUT2D eigenvalue weighted by molar-refractivity contribution is 8.15. The van der Waals surface area contributed by atoms with Gasteiger partial charge in [-0.3, -0.25) is 19.4 Å². The SMILES string of the molecule is O=C1SC(Cc2ccccc2)C(=O)N1OCCO/N=C/c1ccccn1. The average Bonchev–Trinajstić information content (AvgIpc) is 2.93. The van der Waals surface area contributed by atoms with Gasteiger partial charge in [-0.05, 0) is 35.9 Å². The first kappa shape index (κ1) is 18.1. The van der Waals surface area contributed by atoms with E-state index in [0.29, 0.717) is 12.1 Å². The van der Waals surface area contributed by atoms with Crippen molar-refractivity contribution < 1.29 is 19.3 Å². The zero-order valence-corrected chi connectivity index (χ0v) is 14.7. The van der Waals surface area contributed by atoms with Gasteiger partial charge in [0.1, 0.15) is 13.2 Å². The summed E-state index contributed by atoms with van der Waals surface area (Å²) >= 11 is 0.976. The predicted octanol–water partition coefficient (Wildman–Crippen LogP) is 2.67. The molecule has 3 rings (SSSR count). The number of carbonyl (C=O) groups is 2. The molecule has 1 saturated heterocycles. The molecular formula is C18H17N3O4S. The van der Waals surface area contributed by atoms with Crippen molar-refractivity contribution in [2.75, 3.05) is 13.2 Å². The highest BCUT2D eigenvalue weighted by Crippen LogP contribution is 2.29. The minimum Gasteiger partial charge on any atom is -0.393 e. The van der Waals surface area contributed by atoms with Gasteiger partial charge in [0.05, 0.1) is 17.2 Å². The molecule has 7 nitrogen and oxygen atoms in total. The van der Waals surface area contributed by atoms with Crippen LogP contribution in [-0.2, 0) is 20.9 Å². The third kappa shape index (κ3) is 4.90. The van der Waals surface area contributed by atoms with E-state index in [-0.39, 0.29) is 19.1 Å². The summed E-state index contributed by atoms with van der Waals surface area (Å²) in [6.07, 6.45) is 3.61. The molecule has 2 amide bonds. The van der Waals surface area contributed by atoms with Crippen LogP contribution >= 0.6 is 11.8 Å². The molecule has 0 saturated carbocycles. The Kier molecular flexibility index (Phi) is 6.34. The van der Waals surface area contributed by atoms with Crippen molar-refractivity contribution in [1.82, 2.24) is 10.0 Å². The summed E-state index contributed by atoms with van der Waals surface area (Å²) in [4.78, 5) is 38.6. The van der Waals surface area contributed by atoms with Crippen LogP contribution in [0.5, 0.6) is 0 Å². The number of aromatic nitrogens is 1. The molecule has 1 fully saturated rings. The standard InChI is InChI=1S/C18H17N3O4S/c22-17-16(12-14-6-2-1-3-7-14)26-18(23)21(17)25-11-10-24-20-13-15-8-4-5-9-19-15/h1-9,13,16H,10-12H2/b20-13+. The second-order valence-electron chi connectivity index (χ2n) is 5.35. The van der Waals surface area contributed by atoms with Gasteiger partial charge in [-0.15, -0.1) is 5.06 Å². The first-order valence-corrected chi connectivity index (χ1v) is 8.90. The van der Waals surface area contributed by atoms with Crippen LogP contribution in [-0.4, -0.2) is 45.9 Å². The predicted molar refractivity (Wildman–Crippen MR) is 97.5 cm³/mol. The fourth-order valence-corrected chi connectivity index (χ4v) is 3.23. The molecule has 26 heavy (non-hydrogen) atoms. The second-order valence-corrected chi connectivity index (χ2v) is 6.50. The van der Waals surface area contributed by atoms with Gasteiger partial charge in [0.2, 0.25) is 0 Å². The van der Waals surface area contributed by atoms with Crippen LogP contribution in [0.3, 0.4) is 0 Å². The summed E-state index contributed by atoms with van der Waals surface area (Å²) in [7, 11) is 0. The van der Waals surface area contributed by atoms with Crippen molar-refractivity contribution in [2.45, 2.75) is 11.7 Å². The van der Waals surface area contributed by atoms with E-state index >= 15 is 0 Å². The summed E-state index contributed by atoms with van der Waals surface area (Å²) < 4.78 is 0. The molecule has 1 aliphatic rings. The fourth-order valence-electron chi connectivity index (χ4n) is 2.28. The van der Waals surface area contributed by atoms with E-state index in [1.165, 1.54) is 6.21 Å². The summed E-state index contributed by atoms with van der Waals surface area (Å²) in [5.41, 5.74) is 1.67. The number of benzene rings is 1. The molecule has 0 bridgehead atoms. The van der Waals surface area contributed by atoms with E-state index in [0.717, 1.165) is 22.4 Å². The molecular weight excluding hydrogens is 354 g/mol. The first-order valence-electron chi connectivity index (χ1n) is 8.02. The number of nitrogens with zero attached hydrogens (tertiary/aromatic N) is 3. The van der Waals surface area contributed by atoms with Gasteiger partial charge < -0.3 is 4.84 Å². The number of amides is 2. The monoisotopic (exact) mass is 371 g/mol. The van der Waals surface area contributed by atoms with Gasteiger partial charge in [-0.2, -0.15) is 0 Å². The fraction of sp³-hybridized carbons (Fsp3) is 0.222. The molecule has 1 aliphatic heterocycles. The van der Waals surface area contributed by atoms with E-state index < -0.39 is 10.5 Å². The average molecular weight is 371 g/mol. The lowest BCUT2D eigenvalue weighted by atomic mass is 10.1. The molecule has 1 aromatic carbocycles. The minimum absolute atomic E-state index is 0.0374. The van der Waals surface area contributed by atoms with Crippen molar-refractivity contribution in [2.24, 2.45) is 5.16 Å². The molecule has 8 heteroatoms. The van der Waals surface area contributed by atoms with Gasteiger partial charge in [0, 0.05) is 6.20 Å². The van der Waals surface area contributed by atoms with Gasteiger partial charge in [0.25, 0.3) is 5.91 Å². The van der Waals surface area contributed by atoms with Crippen LogP contribution in [0.4, 0.5) is 4.79 Å². The van der Waals surface area contributed by atoms with E-state index in [1.54, 1.807) is 18.3 Å². The number of oxime groups is 1. The summed E-state index contributed by atoms with van der Waals surface area (Å²) in [6.45, 7) is 0.143. The Labute approximate surface area is 154 Å². The lowest BCUT2D eigenvalue weighted by Gasteiger charge is -2.12. The van der Waals surface area contributed by atoms with Crippen LogP contribution in [0.2, 0.25) is 0 Å². The molecule has 1 atom stereocenters. The van der Waals surface area contributed by atoms with Crippen LogP contribution in [0, 0.1) is 0 Å². The normalized spacial score (nSPS) is 17.2. The quantitative estimate of drug-likeness (QED) is 0.403. The van der Waals surface area contributed by atoms with Crippen molar-refractivity contribution in [3.8, 4) is 0 Å². The number of thioether (sulfide) groups is 1. The van der Waals surface area contributed by atoms with Crippen molar-refractivity contribution in [3.63, 3.8) is 0 Å². The number of imide groups is 1. The van der Waals surface area contributed by atoms with E-state index in [2.05, 4.69) is 10.1 Å². The highest BCUT2D eigenvalue weighted by atomic mass is 32.2. The van der Waals surface area contributed by atoms with E-state index in [4.69, 9.17) is 9.68 Å². The lowest BCUT2D eigenvalue weighted by Crippen LogP contribution is -2.33. The summed E-state index contributed by atoms with van der Waals surface area (Å²) in [5.74, 6) is -0.346. The van der Waals surface area contributed by atoms with Crippen LogP contribution in [0.25, 0.3) is 0 Å². The molecule has 0 radical (unpaired) electrons. The minimum atomic E-state index is -0.465. The smallest absolute Gasteiger partial charge is 0.313 e. The number of rotatable bonds is 8. The van der Waals surface area contributed by atoms with Gasteiger partial charge in [0.15, 0.2) is 0 Å². The van der Waals surface area contributed by atoms with Crippen LogP contribution in [0.1, 0.15) is 11.3 Å². The lowest BCUT2D eigenvalue weighted by molar-refractivity contribution is -0.167. The van der Waals surface area contributed by atoms with Crippen LogP contribution in [0.15, 0.2) is 59.9 Å². The number of hydrogen-bond donors (Lipinski definition) is 0. The number of carbonyl (C=O) groups excluding carboxylic acids is 2. The molecule has 2 aromatic rings. The Balaban J connectivity index is 1.41. The zero-order chi connectivity index (χ0) is 18.2. The van der Waals surface area contributed by atoms with Gasteiger partial charge in [-0.25, -0.2) is 0 Å². The van der Waals surface area contributed by atoms with Crippen molar-refractivity contribution >= 4 is 29.1 Å². The third-order valence-electron chi connectivity index (χ3n) is 3.49. The molecule has 134 valence electrons.